The van der Waals surface area contributed by atoms with Crippen LogP contribution in [-0.4, -0.2) is 6.54 Å². The normalized spacial score (nSPS) is 12.0. The quantitative estimate of drug-likeness (QED) is 0.725. The molecule has 2 nitrogen and oxygen atoms in total. The Morgan fingerprint density at radius 2 is 1.57 bits per heavy atom. The van der Waals surface area contributed by atoms with Gasteiger partial charge in [-0.1, -0.05) is 48.5 Å². The maximum atomic E-state index is 6.16. The molecule has 1 unspecified atom stereocenters. The van der Waals surface area contributed by atoms with Gasteiger partial charge in [-0.3, -0.25) is 0 Å². The third kappa shape index (κ3) is 3.51. The average molecular weight is 294 g/mol. The van der Waals surface area contributed by atoms with Gasteiger partial charge in [-0.2, -0.15) is 0 Å². The summed E-state index contributed by atoms with van der Waals surface area (Å²) < 4.78 is 0. The highest BCUT2D eigenvalue weighted by molar-refractivity contribution is 7.10. The smallest absolute Gasteiger partial charge is 0.0565 e. The molecule has 0 spiro atoms. The van der Waals surface area contributed by atoms with Gasteiger partial charge in [0.1, 0.15) is 0 Å². The van der Waals surface area contributed by atoms with Gasteiger partial charge < -0.3 is 11.1 Å². The monoisotopic (exact) mass is 294 g/mol. The first-order chi connectivity index (χ1) is 10.3. The molecule has 3 heteroatoms. The van der Waals surface area contributed by atoms with Gasteiger partial charge in [-0.15, -0.1) is 11.3 Å². The van der Waals surface area contributed by atoms with Crippen molar-refractivity contribution >= 4 is 17.0 Å². The van der Waals surface area contributed by atoms with E-state index in [1.54, 1.807) is 11.3 Å². The number of nitrogens with two attached hydrogens (primary N) is 1. The summed E-state index contributed by atoms with van der Waals surface area (Å²) in [6, 6.07) is 23.0. The summed E-state index contributed by atoms with van der Waals surface area (Å²) in [6.07, 6.45) is 0. The minimum atomic E-state index is 0.0406. The van der Waals surface area contributed by atoms with Crippen LogP contribution in [0.4, 0.5) is 5.69 Å². The standard InChI is InChI=1S/C18H18N2S/c19-17(18-7-4-12-21-18)13-20-16-10-8-15(9-11-16)14-5-2-1-3-6-14/h1-12,17,20H,13,19H2. The van der Waals surface area contributed by atoms with E-state index in [1.165, 1.54) is 16.0 Å². The molecular weight excluding hydrogens is 276 g/mol. The van der Waals surface area contributed by atoms with Crippen molar-refractivity contribution in [2.45, 2.75) is 6.04 Å². The highest BCUT2D eigenvalue weighted by Crippen LogP contribution is 2.22. The molecule has 0 saturated carbocycles. The van der Waals surface area contributed by atoms with Gasteiger partial charge in [0.05, 0.1) is 6.04 Å². The molecule has 3 N–H and O–H groups in total. The molecule has 0 radical (unpaired) electrons. The Kier molecular flexibility index (Phi) is 4.34. The summed E-state index contributed by atoms with van der Waals surface area (Å²) >= 11 is 1.70. The van der Waals surface area contributed by atoms with Gasteiger partial charge in [0.2, 0.25) is 0 Å². The number of hydrogen-bond acceptors (Lipinski definition) is 3. The fourth-order valence-electron chi connectivity index (χ4n) is 2.24. The van der Waals surface area contributed by atoms with Crippen molar-refractivity contribution in [3.05, 3.63) is 77.0 Å². The molecule has 1 aromatic heterocycles. The molecule has 106 valence electrons. The summed E-state index contributed by atoms with van der Waals surface area (Å²) in [5.41, 5.74) is 9.72. The van der Waals surface area contributed by atoms with Crippen LogP contribution in [0.25, 0.3) is 11.1 Å². The van der Waals surface area contributed by atoms with E-state index in [2.05, 4.69) is 65.3 Å². The molecule has 0 fully saturated rings. The SMILES string of the molecule is NC(CNc1ccc(-c2ccccc2)cc1)c1cccs1. The first-order valence-electron chi connectivity index (χ1n) is 7.01. The van der Waals surface area contributed by atoms with Crippen LogP contribution in [0.15, 0.2) is 72.1 Å². The Labute approximate surface area is 129 Å². The van der Waals surface area contributed by atoms with Crippen LogP contribution in [-0.2, 0) is 0 Å². The van der Waals surface area contributed by atoms with Crippen LogP contribution >= 0.6 is 11.3 Å². The Hall–Kier alpha value is -2.10. The van der Waals surface area contributed by atoms with Crippen molar-refractivity contribution in [1.29, 1.82) is 0 Å². The number of anilines is 1. The average Bonchev–Trinajstić information content (AvgIpc) is 3.08. The summed E-state index contributed by atoms with van der Waals surface area (Å²) in [4.78, 5) is 1.21. The second-order valence-electron chi connectivity index (χ2n) is 4.95. The van der Waals surface area contributed by atoms with E-state index in [1.807, 2.05) is 12.1 Å². The highest BCUT2D eigenvalue weighted by atomic mass is 32.1. The summed E-state index contributed by atoms with van der Waals surface area (Å²) in [6.45, 7) is 0.741. The maximum Gasteiger partial charge on any atom is 0.0565 e. The third-order valence-corrected chi connectivity index (χ3v) is 4.43. The molecule has 0 aliphatic rings. The van der Waals surface area contributed by atoms with Gasteiger partial charge >= 0.3 is 0 Å². The van der Waals surface area contributed by atoms with Gasteiger partial charge in [0.15, 0.2) is 0 Å². The van der Waals surface area contributed by atoms with Crippen LogP contribution in [0.3, 0.4) is 0 Å². The molecule has 0 amide bonds. The predicted octanol–water partition coefficient (Wildman–Crippen LogP) is 4.53. The number of benzene rings is 2. The first kappa shape index (κ1) is 13.9. The lowest BCUT2D eigenvalue weighted by molar-refractivity contribution is 0.781. The number of rotatable bonds is 5. The zero-order valence-electron chi connectivity index (χ0n) is 11.7. The second kappa shape index (κ2) is 6.57. The van der Waals surface area contributed by atoms with E-state index in [0.29, 0.717) is 0 Å². The Morgan fingerprint density at radius 3 is 2.24 bits per heavy atom. The minimum Gasteiger partial charge on any atom is -0.383 e. The van der Waals surface area contributed by atoms with E-state index in [4.69, 9.17) is 5.73 Å². The fraction of sp³-hybridized carbons (Fsp3) is 0.111. The number of thiophene rings is 1. The third-order valence-electron chi connectivity index (χ3n) is 3.43. The topological polar surface area (TPSA) is 38.0 Å². The van der Waals surface area contributed by atoms with Crippen LogP contribution < -0.4 is 11.1 Å². The summed E-state index contributed by atoms with van der Waals surface area (Å²) in [7, 11) is 0. The van der Waals surface area contributed by atoms with Crippen molar-refractivity contribution in [3.8, 4) is 11.1 Å². The van der Waals surface area contributed by atoms with Crippen molar-refractivity contribution in [2.75, 3.05) is 11.9 Å². The van der Waals surface area contributed by atoms with Gasteiger partial charge in [0, 0.05) is 17.1 Å². The van der Waals surface area contributed by atoms with E-state index in [9.17, 15) is 0 Å². The Balaban J connectivity index is 1.62. The van der Waals surface area contributed by atoms with E-state index in [0.717, 1.165) is 12.2 Å². The zero-order chi connectivity index (χ0) is 14.5. The van der Waals surface area contributed by atoms with Crippen molar-refractivity contribution in [3.63, 3.8) is 0 Å². The molecule has 1 heterocycles. The Bertz CT molecular complexity index is 660. The zero-order valence-corrected chi connectivity index (χ0v) is 12.5. The lowest BCUT2D eigenvalue weighted by Crippen LogP contribution is -2.19. The van der Waals surface area contributed by atoms with Crippen LogP contribution in [0.5, 0.6) is 0 Å². The minimum absolute atomic E-state index is 0.0406. The van der Waals surface area contributed by atoms with Crippen LogP contribution in [0.1, 0.15) is 10.9 Å². The molecule has 0 bridgehead atoms. The van der Waals surface area contributed by atoms with Crippen molar-refractivity contribution in [1.82, 2.24) is 0 Å². The Morgan fingerprint density at radius 1 is 0.857 bits per heavy atom. The first-order valence-corrected chi connectivity index (χ1v) is 7.89. The van der Waals surface area contributed by atoms with Crippen LogP contribution in [0, 0.1) is 0 Å². The van der Waals surface area contributed by atoms with Crippen molar-refractivity contribution in [2.24, 2.45) is 5.73 Å². The van der Waals surface area contributed by atoms with Crippen LogP contribution in [0.2, 0.25) is 0 Å². The fourth-order valence-corrected chi connectivity index (χ4v) is 2.97. The van der Waals surface area contributed by atoms with Gasteiger partial charge in [-0.25, -0.2) is 0 Å². The second-order valence-corrected chi connectivity index (χ2v) is 5.93. The molecule has 0 aliphatic carbocycles. The van der Waals surface area contributed by atoms with Gasteiger partial charge in [0.25, 0.3) is 0 Å². The molecule has 21 heavy (non-hydrogen) atoms. The molecule has 2 aromatic carbocycles. The molecule has 0 saturated heterocycles. The molecular formula is C18H18N2S. The summed E-state index contributed by atoms with van der Waals surface area (Å²) in [5.74, 6) is 0. The largest absolute Gasteiger partial charge is 0.383 e. The molecule has 3 aromatic rings. The summed E-state index contributed by atoms with van der Waals surface area (Å²) in [5, 5.41) is 5.45. The number of hydrogen-bond donors (Lipinski definition) is 2. The molecule has 1 atom stereocenters. The lowest BCUT2D eigenvalue weighted by Gasteiger charge is -2.12. The van der Waals surface area contributed by atoms with Crippen molar-refractivity contribution < 1.29 is 0 Å². The molecule has 0 aliphatic heterocycles. The highest BCUT2D eigenvalue weighted by Gasteiger charge is 2.06. The van der Waals surface area contributed by atoms with E-state index >= 15 is 0 Å². The lowest BCUT2D eigenvalue weighted by atomic mass is 10.1. The number of nitrogens with one attached hydrogen (secondary N) is 1. The molecule has 3 rings (SSSR count). The van der Waals surface area contributed by atoms with E-state index in [-0.39, 0.29) is 6.04 Å². The van der Waals surface area contributed by atoms with Gasteiger partial charge in [-0.05, 0) is 34.7 Å². The van der Waals surface area contributed by atoms with E-state index < -0.39 is 0 Å². The maximum absolute atomic E-state index is 6.16. The predicted molar refractivity (Wildman–Crippen MR) is 91.6 cm³/mol.